The molecule has 15 heavy (non-hydrogen) atoms. The number of ether oxygens (including phenoxy) is 2. The Bertz CT molecular complexity index is 246. The average molecular weight is 216 g/mol. The normalized spacial score (nSPS) is 11.7. The van der Waals surface area contributed by atoms with Crippen LogP contribution in [-0.2, 0) is 19.1 Å². The highest BCUT2D eigenvalue weighted by atomic mass is 16.5. The summed E-state index contributed by atoms with van der Waals surface area (Å²) in [6, 6.07) is 0. The minimum Gasteiger partial charge on any atom is -0.466 e. The van der Waals surface area contributed by atoms with E-state index in [9.17, 15) is 14.7 Å². The predicted octanol–water partition coefficient (Wildman–Crippen LogP) is 0.420. The summed E-state index contributed by atoms with van der Waals surface area (Å²) in [6.07, 6.45) is -0.0564. The van der Waals surface area contributed by atoms with Gasteiger partial charge in [-0.25, -0.2) is 9.59 Å². The topological polar surface area (TPSA) is 72.8 Å². The van der Waals surface area contributed by atoms with Gasteiger partial charge in [-0.05, 0) is 6.42 Å². The highest BCUT2D eigenvalue weighted by molar-refractivity contribution is 5.96. The van der Waals surface area contributed by atoms with Gasteiger partial charge in [0.2, 0.25) is 0 Å². The summed E-state index contributed by atoms with van der Waals surface area (Å²) in [4.78, 5) is 22.0. The summed E-state index contributed by atoms with van der Waals surface area (Å²) < 4.78 is 9.01. The quantitative estimate of drug-likeness (QED) is 0.396. The molecule has 0 aromatic rings. The number of rotatable bonds is 6. The molecular weight excluding hydrogens is 200 g/mol. The third-order valence-corrected chi connectivity index (χ3v) is 1.74. The molecule has 0 aromatic carbocycles. The van der Waals surface area contributed by atoms with Gasteiger partial charge in [0.15, 0.2) is 6.10 Å². The maximum absolute atomic E-state index is 11.1. The number of carbonyl (C=O) groups is 2. The molecule has 86 valence electrons. The average Bonchev–Trinajstić information content (AvgIpc) is 2.26. The van der Waals surface area contributed by atoms with Crippen molar-refractivity contribution in [2.24, 2.45) is 0 Å². The first-order valence-electron chi connectivity index (χ1n) is 4.66. The molecule has 0 aliphatic rings. The Morgan fingerprint density at radius 2 is 2.07 bits per heavy atom. The Balaban J connectivity index is 4.08. The molecule has 0 saturated carbocycles. The Morgan fingerprint density at radius 3 is 2.53 bits per heavy atom. The van der Waals surface area contributed by atoms with Crippen LogP contribution in [0.4, 0.5) is 0 Å². The summed E-state index contributed by atoms with van der Waals surface area (Å²) in [5.74, 6) is -1.70. The first-order chi connectivity index (χ1) is 7.04. The lowest BCUT2D eigenvalue weighted by Crippen LogP contribution is -2.29. The van der Waals surface area contributed by atoms with Crippen molar-refractivity contribution >= 4 is 11.9 Å². The molecule has 1 atom stereocenters. The fraction of sp³-hybridized carbons (Fsp3) is 0.600. The van der Waals surface area contributed by atoms with Crippen LogP contribution in [0.2, 0.25) is 0 Å². The number of unbranched alkanes of at least 4 members (excludes halogenated alkanes) is 1. The molecule has 0 amide bonds. The minimum absolute atomic E-state index is 0.223. The second-order valence-corrected chi connectivity index (χ2v) is 2.94. The SMILES string of the molecule is C=C(C(=O)OC)C(O)C(=O)OCCCC. The van der Waals surface area contributed by atoms with Crippen molar-refractivity contribution in [2.45, 2.75) is 25.9 Å². The van der Waals surface area contributed by atoms with E-state index in [-0.39, 0.29) is 12.2 Å². The summed E-state index contributed by atoms with van der Waals surface area (Å²) in [5.41, 5.74) is -0.320. The molecule has 1 N–H and O–H groups in total. The molecule has 0 saturated heterocycles. The fourth-order valence-electron chi connectivity index (χ4n) is 0.781. The van der Waals surface area contributed by atoms with E-state index >= 15 is 0 Å². The number of esters is 2. The maximum atomic E-state index is 11.1. The van der Waals surface area contributed by atoms with Crippen LogP contribution in [0.15, 0.2) is 12.2 Å². The second-order valence-electron chi connectivity index (χ2n) is 2.94. The van der Waals surface area contributed by atoms with Crippen molar-refractivity contribution in [3.8, 4) is 0 Å². The van der Waals surface area contributed by atoms with Gasteiger partial charge in [0, 0.05) is 0 Å². The molecule has 0 radical (unpaired) electrons. The molecule has 0 bridgehead atoms. The smallest absolute Gasteiger partial charge is 0.339 e. The predicted molar refractivity (Wildman–Crippen MR) is 53.0 cm³/mol. The number of hydrogen-bond donors (Lipinski definition) is 1. The largest absolute Gasteiger partial charge is 0.466 e. The summed E-state index contributed by atoms with van der Waals surface area (Å²) in [7, 11) is 1.14. The van der Waals surface area contributed by atoms with Crippen LogP contribution in [0.5, 0.6) is 0 Å². The highest BCUT2D eigenvalue weighted by Gasteiger charge is 2.25. The third-order valence-electron chi connectivity index (χ3n) is 1.74. The van der Waals surface area contributed by atoms with Crippen molar-refractivity contribution in [2.75, 3.05) is 13.7 Å². The van der Waals surface area contributed by atoms with Gasteiger partial charge in [0.25, 0.3) is 0 Å². The van der Waals surface area contributed by atoms with Crippen LogP contribution >= 0.6 is 0 Å². The Hall–Kier alpha value is -1.36. The summed E-state index contributed by atoms with van der Waals surface area (Å²) in [5, 5.41) is 9.31. The van der Waals surface area contributed by atoms with E-state index in [0.717, 1.165) is 13.5 Å². The van der Waals surface area contributed by atoms with E-state index in [1.165, 1.54) is 0 Å². The van der Waals surface area contributed by atoms with Crippen molar-refractivity contribution in [3.63, 3.8) is 0 Å². The molecule has 0 aliphatic heterocycles. The number of methoxy groups -OCH3 is 1. The van der Waals surface area contributed by atoms with Gasteiger partial charge in [0.05, 0.1) is 19.3 Å². The lowest BCUT2D eigenvalue weighted by Gasteiger charge is -2.11. The molecule has 0 spiro atoms. The second kappa shape index (κ2) is 7.00. The zero-order valence-electron chi connectivity index (χ0n) is 8.99. The highest BCUT2D eigenvalue weighted by Crippen LogP contribution is 2.04. The van der Waals surface area contributed by atoms with Crippen molar-refractivity contribution in [3.05, 3.63) is 12.2 Å². The van der Waals surface area contributed by atoms with E-state index in [0.29, 0.717) is 6.42 Å². The fourth-order valence-corrected chi connectivity index (χ4v) is 0.781. The van der Waals surface area contributed by atoms with E-state index in [1.807, 2.05) is 6.92 Å². The van der Waals surface area contributed by atoms with E-state index in [2.05, 4.69) is 11.3 Å². The zero-order chi connectivity index (χ0) is 11.8. The molecule has 5 nitrogen and oxygen atoms in total. The van der Waals surface area contributed by atoms with Gasteiger partial charge >= 0.3 is 11.9 Å². The van der Waals surface area contributed by atoms with Gasteiger partial charge in [-0.3, -0.25) is 0 Å². The molecule has 1 unspecified atom stereocenters. The van der Waals surface area contributed by atoms with E-state index in [4.69, 9.17) is 4.74 Å². The molecule has 0 aliphatic carbocycles. The number of aliphatic hydroxyl groups is 1. The summed E-state index contributed by atoms with van der Waals surface area (Å²) in [6.45, 7) is 5.41. The van der Waals surface area contributed by atoms with Gasteiger partial charge in [-0.1, -0.05) is 19.9 Å². The number of aliphatic hydroxyl groups excluding tert-OH is 1. The van der Waals surface area contributed by atoms with Gasteiger partial charge < -0.3 is 14.6 Å². The van der Waals surface area contributed by atoms with Crippen LogP contribution in [0.3, 0.4) is 0 Å². The van der Waals surface area contributed by atoms with Crippen molar-refractivity contribution in [1.29, 1.82) is 0 Å². The van der Waals surface area contributed by atoms with Crippen LogP contribution in [0.25, 0.3) is 0 Å². The molecule has 0 rings (SSSR count). The maximum Gasteiger partial charge on any atom is 0.339 e. The number of carbonyl (C=O) groups excluding carboxylic acids is 2. The molecule has 0 fully saturated rings. The van der Waals surface area contributed by atoms with E-state index < -0.39 is 18.0 Å². The van der Waals surface area contributed by atoms with Crippen LogP contribution in [0.1, 0.15) is 19.8 Å². The van der Waals surface area contributed by atoms with Gasteiger partial charge in [-0.15, -0.1) is 0 Å². The first kappa shape index (κ1) is 13.6. The molecule has 5 heteroatoms. The monoisotopic (exact) mass is 216 g/mol. The van der Waals surface area contributed by atoms with E-state index in [1.54, 1.807) is 0 Å². The Morgan fingerprint density at radius 1 is 1.47 bits per heavy atom. The molecular formula is C10H16O5. The number of hydrogen-bond acceptors (Lipinski definition) is 5. The summed E-state index contributed by atoms with van der Waals surface area (Å²) >= 11 is 0. The minimum atomic E-state index is -1.64. The molecule has 0 heterocycles. The lowest BCUT2D eigenvalue weighted by molar-refractivity contribution is -0.154. The van der Waals surface area contributed by atoms with Crippen LogP contribution in [-0.4, -0.2) is 36.9 Å². The van der Waals surface area contributed by atoms with Gasteiger partial charge in [-0.2, -0.15) is 0 Å². The Labute approximate surface area is 88.7 Å². The lowest BCUT2D eigenvalue weighted by atomic mass is 10.2. The Kier molecular flexibility index (Phi) is 6.37. The van der Waals surface area contributed by atoms with Crippen molar-refractivity contribution < 1.29 is 24.2 Å². The van der Waals surface area contributed by atoms with Crippen LogP contribution < -0.4 is 0 Å². The van der Waals surface area contributed by atoms with Crippen LogP contribution in [0, 0.1) is 0 Å². The van der Waals surface area contributed by atoms with Gasteiger partial charge in [0.1, 0.15) is 0 Å². The standard InChI is InChI=1S/C10H16O5/c1-4-5-6-15-10(13)8(11)7(2)9(12)14-3/h8,11H,2,4-6H2,1,3H3. The molecule has 0 aromatic heterocycles. The zero-order valence-corrected chi connectivity index (χ0v) is 8.99. The first-order valence-corrected chi connectivity index (χ1v) is 4.66. The van der Waals surface area contributed by atoms with Crippen molar-refractivity contribution in [1.82, 2.24) is 0 Å². The third kappa shape index (κ3) is 4.60.